The minimum atomic E-state index is -1.12. The molecule has 70 valence electrons. The second-order valence-corrected chi connectivity index (χ2v) is 1.77. The molecule has 0 saturated heterocycles. The van der Waals surface area contributed by atoms with Gasteiger partial charge in [0.05, 0.1) is 6.92 Å². The van der Waals surface area contributed by atoms with Crippen molar-refractivity contribution < 1.29 is 19.4 Å². The number of rotatable bonds is 4. The zero-order valence-electron chi connectivity index (χ0n) is 7.00. The Kier molecular flexibility index (Phi) is 4.42. The lowest BCUT2D eigenvalue weighted by atomic mass is 10.6. The van der Waals surface area contributed by atoms with Gasteiger partial charge in [-0.15, -0.1) is 0 Å². The van der Waals surface area contributed by atoms with Crippen LogP contribution in [-0.4, -0.2) is 30.1 Å². The topological polar surface area (TPSA) is 95.3 Å². The molecule has 0 unspecified atom stereocenters. The summed E-state index contributed by atoms with van der Waals surface area (Å²) in [6.07, 6.45) is -1.12. The molecule has 0 aliphatic carbocycles. The SMILES string of the molecule is CO/N=[N+](/[O-])C(C)/[N+]([O-])=N\OC. The normalized spacial score (nSPS) is 15.6. The average molecular weight is 178 g/mol. The number of nitrogens with zero attached hydrogens (tertiary/aromatic N) is 4. The van der Waals surface area contributed by atoms with Gasteiger partial charge in [0.1, 0.15) is 14.2 Å². The lowest BCUT2D eigenvalue weighted by molar-refractivity contribution is -0.792. The Morgan fingerprint density at radius 3 is 1.67 bits per heavy atom. The van der Waals surface area contributed by atoms with E-state index in [0.717, 1.165) is 0 Å². The van der Waals surface area contributed by atoms with Gasteiger partial charge in [-0.2, -0.15) is 0 Å². The summed E-state index contributed by atoms with van der Waals surface area (Å²) in [6.45, 7) is 1.30. The van der Waals surface area contributed by atoms with E-state index in [0.29, 0.717) is 0 Å². The van der Waals surface area contributed by atoms with E-state index in [4.69, 9.17) is 0 Å². The molecule has 0 aromatic carbocycles. The van der Waals surface area contributed by atoms with Crippen LogP contribution in [0.1, 0.15) is 6.92 Å². The second kappa shape index (κ2) is 5.10. The molecular formula is C4H10N4O4. The van der Waals surface area contributed by atoms with Gasteiger partial charge in [-0.3, -0.25) is 0 Å². The molecule has 0 atom stereocenters. The molecule has 0 spiro atoms. The monoisotopic (exact) mass is 178 g/mol. The lowest BCUT2D eigenvalue weighted by Gasteiger charge is -2.04. The van der Waals surface area contributed by atoms with Crippen molar-refractivity contribution in [2.75, 3.05) is 14.2 Å². The van der Waals surface area contributed by atoms with Crippen molar-refractivity contribution in [2.45, 2.75) is 13.1 Å². The van der Waals surface area contributed by atoms with Crippen molar-refractivity contribution in [3.05, 3.63) is 10.4 Å². The lowest BCUT2D eigenvalue weighted by Crippen LogP contribution is -2.26. The maximum atomic E-state index is 10.7. The number of hydroxylamine groups is 2. The molecule has 12 heavy (non-hydrogen) atoms. The Balaban J connectivity index is 4.28. The van der Waals surface area contributed by atoms with Gasteiger partial charge in [-0.1, -0.05) is 0 Å². The summed E-state index contributed by atoms with van der Waals surface area (Å²) in [7, 11) is 2.39. The third-order valence-electron chi connectivity index (χ3n) is 0.964. The predicted molar refractivity (Wildman–Crippen MR) is 35.6 cm³/mol. The van der Waals surface area contributed by atoms with Crippen LogP contribution in [0.25, 0.3) is 0 Å². The first-order valence-corrected chi connectivity index (χ1v) is 3.04. The highest BCUT2D eigenvalue weighted by molar-refractivity contribution is 4.19. The molecule has 0 aliphatic rings. The van der Waals surface area contributed by atoms with E-state index >= 15 is 0 Å². The maximum Gasteiger partial charge on any atom is 0.413 e. The zero-order valence-corrected chi connectivity index (χ0v) is 7.00. The summed E-state index contributed by atoms with van der Waals surface area (Å²) in [5.41, 5.74) is 0. The molecule has 0 radical (unpaired) electrons. The number of hydrogen-bond acceptors (Lipinski definition) is 6. The van der Waals surface area contributed by atoms with Crippen LogP contribution >= 0.6 is 0 Å². The first kappa shape index (κ1) is 10.4. The van der Waals surface area contributed by atoms with Crippen LogP contribution in [-0.2, 0) is 9.68 Å². The standard InChI is InChI=1S/C4H10N4O4/c1-4(7(9)5-11-2)8(10)6-12-3/h4H,1-3H3/b7-5+,8-6+. The molecule has 0 heterocycles. The predicted octanol–water partition coefficient (Wildman–Crippen LogP) is 0.380. The highest BCUT2D eigenvalue weighted by atomic mass is 16.7. The molecule has 0 rings (SSSR count). The quantitative estimate of drug-likeness (QED) is 0.269. The molecule has 0 N–H and O–H groups in total. The molecule has 0 aliphatic heterocycles. The van der Waals surface area contributed by atoms with E-state index in [1.165, 1.54) is 21.1 Å². The fraction of sp³-hybridized carbons (Fsp3) is 1.00. The van der Waals surface area contributed by atoms with Crippen molar-refractivity contribution in [3.63, 3.8) is 0 Å². The third kappa shape index (κ3) is 2.99. The van der Waals surface area contributed by atoms with Gasteiger partial charge >= 0.3 is 6.17 Å². The van der Waals surface area contributed by atoms with Crippen molar-refractivity contribution in [1.29, 1.82) is 0 Å². The third-order valence-corrected chi connectivity index (χ3v) is 0.964. The fourth-order valence-corrected chi connectivity index (χ4v) is 0.382. The van der Waals surface area contributed by atoms with E-state index in [9.17, 15) is 10.4 Å². The molecule has 0 saturated carbocycles. The summed E-state index contributed by atoms with van der Waals surface area (Å²) < 4.78 is 0. The zero-order chi connectivity index (χ0) is 9.56. The molecule has 0 amide bonds. The largest absolute Gasteiger partial charge is 0.592 e. The molecule has 0 fully saturated rings. The summed E-state index contributed by atoms with van der Waals surface area (Å²) in [4.78, 5) is 8.42. The van der Waals surface area contributed by atoms with E-state index in [1.807, 2.05) is 0 Å². The van der Waals surface area contributed by atoms with Crippen LogP contribution in [0.2, 0.25) is 0 Å². The van der Waals surface area contributed by atoms with Crippen LogP contribution in [0, 0.1) is 10.4 Å². The Hall–Kier alpha value is -1.60. The van der Waals surface area contributed by atoms with Crippen LogP contribution in [0.15, 0.2) is 10.6 Å². The maximum absolute atomic E-state index is 10.7. The van der Waals surface area contributed by atoms with E-state index < -0.39 is 6.17 Å². The van der Waals surface area contributed by atoms with Crippen LogP contribution < -0.4 is 0 Å². The van der Waals surface area contributed by atoms with Crippen molar-refractivity contribution in [2.24, 2.45) is 10.6 Å². The van der Waals surface area contributed by atoms with Crippen molar-refractivity contribution in [3.8, 4) is 0 Å². The van der Waals surface area contributed by atoms with Crippen LogP contribution in [0.5, 0.6) is 0 Å². The summed E-state index contributed by atoms with van der Waals surface area (Å²) in [6, 6.07) is 0. The smallest absolute Gasteiger partial charge is 0.413 e. The molecule has 8 nitrogen and oxygen atoms in total. The minimum Gasteiger partial charge on any atom is -0.592 e. The summed E-state index contributed by atoms with van der Waals surface area (Å²) in [5, 5.41) is 27.4. The fourth-order valence-electron chi connectivity index (χ4n) is 0.382. The van der Waals surface area contributed by atoms with Gasteiger partial charge < -0.3 is 20.1 Å². The summed E-state index contributed by atoms with van der Waals surface area (Å²) in [5.74, 6) is 0. The van der Waals surface area contributed by atoms with Crippen molar-refractivity contribution in [1.82, 2.24) is 0 Å². The molecular weight excluding hydrogens is 168 g/mol. The van der Waals surface area contributed by atoms with Gasteiger partial charge in [0, 0.05) is 9.72 Å². The van der Waals surface area contributed by atoms with Gasteiger partial charge in [0.2, 0.25) is 10.6 Å². The van der Waals surface area contributed by atoms with Crippen LogP contribution in [0.3, 0.4) is 0 Å². The Morgan fingerprint density at radius 2 is 1.42 bits per heavy atom. The van der Waals surface area contributed by atoms with Gasteiger partial charge in [-0.05, 0) is 0 Å². The highest BCUT2D eigenvalue weighted by Crippen LogP contribution is 1.93. The molecule has 0 bridgehead atoms. The average Bonchev–Trinajstić information content (AvgIpc) is 2.04. The summed E-state index contributed by atoms with van der Waals surface area (Å²) >= 11 is 0. The first-order chi connectivity index (χ1) is 5.63. The van der Waals surface area contributed by atoms with Gasteiger partial charge in [-0.25, -0.2) is 0 Å². The van der Waals surface area contributed by atoms with Gasteiger partial charge in [0.25, 0.3) is 0 Å². The Morgan fingerprint density at radius 1 is 1.08 bits per heavy atom. The first-order valence-electron chi connectivity index (χ1n) is 3.04. The second-order valence-electron chi connectivity index (χ2n) is 1.77. The minimum absolute atomic E-state index is 0.0650. The molecule has 0 aromatic heterocycles. The Labute approximate surface area is 68.8 Å². The molecule has 8 heteroatoms. The van der Waals surface area contributed by atoms with Crippen LogP contribution in [0.4, 0.5) is 0 Å². The number of hydrogen-bond donors (Lipinski definition) is 0. The van der Waals surface area contributed by atoms with Crippen molar-refractivity contribution >= 4 is 0 Å². The van der Waals surface area contributed by atoms with E-state index in [-0.39, 0.29) is 9.72 Å². The Bertz CT molecular complexity index is 171. The van der Waals surface area contributed by atoms with Gasteiger partial charge in [0.15, 0.2) is 0 Å². The van der Waals surface area contributed by atoms with E-state index in [1.54, 1.807) is 0 Å². The van der Waals surface area contributed by atoms with E-state index in [2.05, 4.69) is 20.2 Å². The molecule has 0 aromatic rings. The highest BCUT2D eigenvalue weighted by Gasteiger charge is 2.21.